The summed E-state index contributed by atoms with van der Waals surface area (Å²) in [5.41, 5.74) is 2.45. The topological polar surface area (TPSA) is 117 Å². The van der Waals surface area contributed by atoms with Gasteiger partial charge in [-0.2, -0.15) is 5.26 Å². The lowest BCUT2D eigenvalue weighted by Gasteiger charge is -2.38. The van der Waals surface area contributed by atoms with Gasteiger partial charge in [-0.3, -0.25) is 9.59 Å². The zero-order chi connectivity index (χ0) is 25.7. The van der Waals surface area contributed by atoms with Gasteiger partial charge in [-0.25, -0.2) is 0 Å². The molecule has 2 aliphatic rings. The second kappa shape index (κ2) is 11.4. The molecular weight excluding hydrogens is 456 g/mol. The molecular formula is C28H32N4O4. The van der Waals surface area contributed by atoms with E-state index in [9.17, 15) is 25.1 Å². The third kappa shape index (κ3) is 5.43. The van der Waals surface area contributed by atoms with Crippen LogP contribution >= 0.6 is 0 Å². The van der Waals surface area contributed by atoms with E-state index < -0.39 is 24.0 Å². The number of benzene rings is 2. The summed E-state index contributed by atoms with van der Waals surface area (Å²) in [5, 5.41) is 33.1. The summed E-state index contributed by atoms with van der Waals surface area (Å²) >= 11 is 0. The molecule has 1 saturated heterocycles. The number of carbonyl (C=O) groups excluding carboxylic acids is 2. The fourth-order valence-corrected chi connectivity index (χ4v) is 5.03. The summed E-state index contributed by atoms with van der Waals surface area (Å²) in [4.78, 5) is 29.2. The normalized spacial score (nSPS) is 23.1. The van der Waals surface area contributed by atoms with Crippen LogP contribution in [0.25, 0.3) is 0 Å². The number of piperidine rings is 1. The first-order valence-electron chi connectivity index (χ1n) is 12.3. The molecule has 2 heterocycles. The number of anilines is 1. The number of aliphatic hydroxyl groups excluding tert-OH is 2. The van der Waals surface area contributed by atoms with Crippen LogP contribution in [-0.2, 0) is 9.59 Å². The van der Waals surface area contributed by atoms with Crippen molar-refractivity contribution >= 4 is 17.5 Å². The van der Waals surface area contributed by atoms with E-state index in [1.807, 2.05) is 60.7 Å². The molecule has 8 heteroatoms. The molecule has 4 rings (SSSR count). The molecule has 1 fully saturated rings. The average molecular weight is 489 g/mol. The minimum Gasteiger partial charge on any atom is -0.380 e. The number of hydrogen-bond acceptors (Lipinski definition) is 6. The predicted molar refractivity (Wildman–Crippen MR) is 136 cm³/mol. The highest BCUT2D eigenvalue weighted by molar-refractivity contribution is 5.91. The van der Waals surface area contributed by atoms with Crippen LogP contribution in [0.2, 0.25) is 0 Å². The number of nitriles is 1. The Labute approximate surface area is 211 Å². The van der Waals surface area contributed by atoms with Gasteiger partial charge in [0.1, 0.15) is 6.07 Å². The van der Waals surface area contributed by atoms with E-state index in [2.05, 4.69) is 23.2 Å². The molecule has 36 heavy (non-hydrogen) atoms. The molecule has 3 N–H and O–H groups in total. The van der Waals surface area contributed by atoms with Crippen molar-refractivity contribution in [3.63, 3.8) is 0 Å². The molecule has 0 aliphatic carbocycles. The number of nitrogens with one attached hydrogen (secondary N) is 1. The molecule has 188 valence electrons. The lowest BCUT2D eigenvalue weighted by atomic mass is 9.86. The van der Waals surface area contributed by atoms with Crippen LogP contribution in [0.3, 0.4) is 0 Å². The number of aliphatic hydroxyl groups is 2. The van der Waals surface area contributed by atoms with Crippen molar-refractivity contribution in [1.29, 1.82) is 5.26 Å². The Kier molecular flexibility index (Phi) is 8.04. The Morgan fingerprint density at radius 1 is 1.11 bits per heavy atom. The summed E-state index contributed by atoms with van der Waals surface area (Å²) in [6.45, 7) is 4.22. The number of hydrogen-bond donors (Lipinski definition) is 3. The Balaban J connectivity index is 1.29. The number of carbonyl (C=O) groups is 2. The standard InChI is InChI=1S/C28H32N4O4/c1-19-18-31(23-11-6-5-10-21(23)16-29)15-13-22(19)17-30-27(35)25(33)26(34)28(36)32-14-7-12-24(32)20-8-3-2-4-9-20/h2-12,19,22,24-26,33-34H,13-15,17-18H2,1H3,(H,30,35)/t19-,22?,24-,25-,26-/m1/s1. The zero-order valence-electron chi connectivity index (χ0n) is 20.3. The molecule has 0 radical (unpaired) electrons. The van der Waals surface area contributed by atoms with Gasteiger partial charge in [0.25, 0.3) is 11.8 Å². The summed E-state index contributed by atoms with van der Waals surface area (Å²) in [6.07, 6.45) is 0.800. The summed E-state index contributed by atoms with van der Waals surface area (Å²) in [5.74, 6) is -1.04. The lowest BCUT2D eigenvalue weighted by molar-refractivity contribution is -0.153. The largest absolute Gasteiger partial charge is 0.380 e. The van der Waals surface area contributed by atoms with Gasteiger partial charge in [-0.05, 0) is 36.0 Å². The van der Waals surface area contributed by atoms with Gasteiger partial charge in [0.2, 0.25) is 0 Å². The smallest absolute Gasteiger partial charge is 0.255 e. The molecule has 1 unspecified atom stereocenters. The molecule has 2 amide bonds. The summed E-state index contributed by atoms with van der Waals surface area (Å²) < 4.78 is 0. The Hall–Kier alpha value is -3.67. The lowest BCUT2D eigenvalue weighted by Crippen LogP contribution is -2.52. The van der Waals surface area contributed by atoms with Crippen molar-refractivity contribution in [3.8, 4) is 6.07 Å². The van der Waals surface area contributed by atoms with Gasteiger partial charge >= 0.3 is 0 Å². The van der Waals surface area contributed by atoms with E-state index in [4.69, 9.17) is 0 Å². The number of amides is 2. The van der Waals surface area contributed by atoms with E-state index >= 15 is 0 Å². The van der Waals surface area contributed by atoms with Crippen molar-refractivity contribution in [1.82, 2.24) is 10.2 Å². The third-order valence-corrected chi connectivity index (χ3v) is 7.19. The predicted octanol–water partition coefficient (Wildman–Crippen LogP) is 2.00. The molecule has 0 saturated carbocycles. The molecule has 2 aromatic carbocycles. The van der Waals surface area contributed by atoms with Crippen LogP contribution in [0.5, 0.6) is 0 Å². The highest BCUT2D eigenvalue weighted by atomic mass is 16.3. The quantitative estimate of drug-likeness (QED) is 0.514. The second-order valence-corrected chi connectivity index (χ2v) is 9.51. The van der Waals surface area contributed by atoms with Crippen molar-refractivity contribution in [2.75, 3.05) is 31.1 Å². The monoisotopic (exact) mass is 488 g/mol. The number of nitrogens with zero attached hydrogens (tertiary/aromatic N) is 3. The highest BCUT2D eigenvalue weighted by Crippen LogP contribution is 2.30. The van der Waals surface area contributed by atoms with E-state index in [1.54, 1.807) is 6.07 Å². The van der Waals surface area contributed by atoms with Crippen LogP contribution in [0.1, 0.15) is 30.5 Å². The van der Waals surface area contributed by atoms with E-state index in [0.29, 0.717) is 18.7 Å². The first-order valence-corrected chi connectivity index (χ1v) is 12.3. The van der Waals surface area contributed by atoms with Crippen LogP contribution in [0.15, 0.2) is 66.7 Å². The first-order chi connectivity index (χ1) is 17.4. The van der Waals surface area contributed by atoms with Crippen LogP contribution in [-0.4, -0.2) is 65.3 Å². The molecule has 2 aliphatic heterocycles. The van der Waals surface area contributed by atoms with E-state index in [1.165, 1.54) is 4.90 Å². The molecule has 0 spiro atoms. The fraction of sp³-hybridized carbons (Fsp3) is 0.393. The fourth-order valence-electron chi connectivity index (χ4n) is 5.03. The molecule has 5 atom stereocenters. The minimum atomic E-state index is -1.85. The summed E-state index contributed by atoms with van der Waals surface area (Å²) in [7, 11) is 0. The zero-order valence-corrected chi connectivity index (χ0v) is 20.3. The second-order valence-electron chi connectivity index (χ2n) is 9.51. The van der Waals surface area contributed by atoms with Gasteiger partial charge in [0.15, 0.2) is 12.2 Å². The Bertz CT molecular complexity index is 1150. The van der Waals surface area contributed by atoms with Crippen molar-refractivity contribution in [2.24, 2.45) is 11.8 Å². The molecule has 0 bridgehead atoms. The summed E-state index contributed by atoms with van der Waals surface area (Å²) in [6, 6.07) is 18.8. The van der Waals surface area contributed by atoms with Gasteiger partial charge in [0.05, 0.1) is 17.3 Å². The van der Waals surface area contributed by atoms with Crippen molar-refractivity contribution < 1.29 is 19.8 Å². The van der Waals surface area contributed by atoms with Gasteiger partial charge in [-0.15, -0.1) is 0 Å². The highest BCUT2D eigenvalue weighted by Gasteiger charge is 2.37. The maximum Gasteiger partial charge on any atom is 0.255 e. The van der Waals surface area contributed by atoms with Gasteiger partial charge in [0, 0.05) is 26.2 Å². The van der Waals surface area contributed by atoms with Gasteiger partial charge in [-0.1, -0.05) is 61.5 Å². The Morgan fingerprint density at radius 2 is 1.83 bits per heavy atom. The van der Waals surface area contributed by atoms with Crippen LogP contribution in [0, 0.1) is 23.2 Å². The molecule has 8 nitrogen and oxygen atoms in total. The SMILES string of the molecule is C[C@@H]1CN(c2ccccc2C#N)CCC1CNC(=O)[C@H](O)[C@@H](O)C(=O)N1CC=C[C@@H]1c1ccccc1. The average Bonchev–Trinajstić information content (AvgIpc) is 3.41. The van der Waals surface area contributed by atoms with E-state index in [0.717, 1.165) is 30.8 Å². The van der Waals surface area contributed by atoms with Crippen molar-refractivity contribution in [3.05, 3.63) is 77.9 Å². The van der Waals surface area contributed by atoms with E-state index in [-0.39, 0.29) is 17.9 Å². The minimum absolute atomic E-state index is 0.171. The maximum atomic E-state index is 12.9. The maximum absolute atomic E-state index is 12.9. The Morgan fingerprint density at radius 3 is 2.56 bits per heavy atom. The molecule has 0 aromatic heterocycles. The number of para-hydroxylation sites is 1. The van der Waals surface area contributed by atoms with Crippen LogP contribution < -0.4 is 10.2 Å². The number of rotatable bonds is 7. The first kappa shape index (κ1) is 25.4. The van der Waals surface area contributed by atoms with Crippen LogP contribution in [0.4, 0.5) is 5.69 Å². The molecule has 2 aromatic rings. The van der Waals surface area contributed by atoms with Gasteiger partial charge < -0.3 is 25.3 Å². The van der Waals surface area contributed by atoms with Crippen molar-refractivity contribution in [2.45, 2.75) is 31.6 Å². The third-order valence-electron chi connectivity index (χ3n) is 7.19.